The number of alkyl halides is 1. The minimum Gasteiger partial charge on any atom is -0.489 e. The van der Waals surface area contributed by atoms with Crippen molar-refractivity contribution in [2.75, 3.05) is 12.2 Å². The first-order valence-corrected chi connectivity index (χ1v) is 9.78. The lowest BCUT2D eigenvalue weighted by Gasteiger charge is -2.18. The Morgan fingerprint density at radius 1 is 1.22 bits per heavy atom. The molecule has 1 aliphatic rings. The summed E-state index contributed by atoms with van der Waals surface area (Å²) in [4.78, 5) is 0. The van der Waals surface area contributed by atoms with E-state index in [2.05, 4.69) is 44.3 Å². The predicted octanol–water partition coefficient (Wildman–Crippen LogP) is 5.96. The molecular formula is C22H26FNO2S. The zero-order chi connectivity index (χ0) is 19.4. The number of thiocarbonyl (C=S) groups is 1. The normalized spacial score (nSPS) is 13.3. The standard InChI is InChI=1S/C22H26FNO2S/c1-4-16-10-15(3)21(11-14(16)2)25-12-19-18(17-8-9-17)6-5-7-20(19)24-22(27)26-13-23/h5-7,10-11,17H,4,8-9,12-13H2,1-3H3,(H,24,27). The number of rotatable bonds is 7. The third-order valence-corrected chi connectivity index (χ3v) is 5.26. The molecule has 0 atom stereocenters. The van der Waals surface area contributed by atoms with E-state index in [1.165, 1.54) is 29.5 Å². The Morgan fingerprint density at radius 2 is 2.00 bits per heavy atom. The molecule has 3 nitrogen and oxygen atoms in total. The number of halogens is 1. The molecule has 0 aromatic heterocycles. The summed E-state index contributed by atoms with van der Waals surface area (Å²) in [6, 6.07) is 10.4. The highest BCUT2D eigenvalue weighted by molar-refractivity contribution is 7.80. The van der Waals surface area contributed by atoms with E-state index in [4.69, 9.17) is 21.7 Å². The average Bonchev–Trinajstić information content (AvgIpc) is 3.48. The lowest BCUT2D eigenvalue weighted by molar-refractivity contribution is 0.184. The van der Waals surface area contributed by atoms with E-state index in [0.29, 0.717) is 12.5 Å². The molecule has 0 aliphatic heterocycles. The van der Waals surface area contributed by atoms with Crippen LogP contribution in [0.15, 0.2) is 30.3 Å². The molecule has 0 radical (unpaired) electrons. The van der Waals surface area contributed by atoms with Crippen LogP contribution >= 0.6 is 12.2 Å². The van der Waals surface area contributed by atoms with E-state index in [0.717, 1.165) is 29.0 Å². The van der Waals surface area contributed by atoms with E-state index in [1.54, 1.807) is 0 Å². The Labute approximate surface area is 165 Å². The summed E-state index contributed by atoms with van der Waals surface area (Å²) in [5, 5.41) is 3.04. The van der Waals surface area contributed by atoms with Crippen molar-refractivity contribution in [1.29, 1.82) is 0 Å². The Kier molecular flexibility index (Phi) is 6.32. The van der Waals surface area contributed by atoms with Gasteiger partial charge in [0, 0.05) is 11.3 Å². The molecule has 1 fully saturated rings. The molecule has 1 N–H and O–H groups in total. The molecule has 144 valence electrons. The summed E-state index contributed by atoms with van der Waals surface area (Å²) in [6.07, 6.45) is 3.38. The first-order chi connectivity index (χ1) is 13.0. The maximum Gasteiger partial charge on any atom is 0.263 e. The van der Waals surface area contributed by atoms with Gasteiger partial charge in [0.2, 0.25) is 6.86 Å². The van der Waals surface area contributed by atoms with E-state index in [1.807, 2.05) is 12.1 Å². The zero-order valence-electron chi connectivity index (χ0n) is 16.1. The van der Waals surface area contributed by atoms with Crippen LogP contribution in [0.25, 0.3) is 0 Å². The Morgan fingerprint density at radius 3 is 2.67 bits per heavy atom. The summed E-state index contributed by atoms with van der Waals surface area (Å²) in [6.45, 7) is 5.84. The number of benzene rings is 2. The SMILES string of the molecule is CCc1cc(C)c(OCc2c(NC(=S)OCF)cccc2C2CC2)cc1C. The molecule has 1 aliphatic carbocycles. The molecule has 5 heteroatoms. The van der Waals surface area contributed by atoms with Crippen molar-refractivity contribution in [3.05, 3.63) is 58.1 Å². The van der Waals surface area contributed by atoms with Gasteiger partial charge in [-0.1, -0.05) is 25.1 Å². The van der Waals surface area contributed by atoms with Gasteiger partial charge in [0.15, 0.2) is 0 Å². The van der Waals surface area contributed by atoms with Crippen molar-refractivity contribution >= 4 is 23.1 Å². The van der Waals surface area contributed by atoms with Gasteiger partial charge in [-0.25, -0.2) is 4.39 Å². The highest BCUT2D eigenvalue weighted by atomic mass is 32.1. The van der Waals surface area contributed by atoms with Gasteiger partial charge < -0.3 is 14.8 Å². The first kappa shape index (κ1) is 19.6. The van der Waals surface area contributed by atoms with E-state index in [-0.39, 0.29) is 5.17 Å². The van der Waals surface area contributed by atoms with Gasteiger partial charge in [-0.2, -0.15) is 0 Å². The van der Waals surface area contributed by atoms with Crippen molar-refractivity contribution in [1.82, 2.24) is 0 Å². The summed E-state index contributed by atoms with van der Waals surface area (Å²) < 4.78 is 23.4. The zero-order valence-corrected chi connectivity index (χ0v) is 16.9. The third kappa shape index (κ3) is 4.78. The number of anilines is 1. The molecule has 0 heterocycles. The highest BCUT2D eigenvalue weighted by Gasteiger charge is 2.27. The summed E-state index contributed by atoms with van der Waals surface area (Å²) in [5.74, 6) is 1.45. The second kappa shape index (κ2) is 8.70. The average molecular weight is 388 g/mol. The molecule has 1 saturated carbocycles. The Balaban J connectivity index is 1.85. The third-order valence-electron chi connectivity index (χ3n) is 5.04. The minimum absolute atomic E-state index is 0.0334. The summed E-state index contributed by atoms with van der Waals surface area (Å²) in [5.41, 5.74) is 6.85. The smallest absolute Gasteiger partial charge is 0.263 e. The van der Waals surface area contributed by atoms with Crippen molar-refractivity contribution in [2.45, 2.75) is 52.6 Å². The van der Waals surface area contributed by atoms with Crippen molar-refractivity contribution in [3.63, 3.8) is 0 Å². The monoisotopic (exact) mass is 387 g/mol. The lowest BCUT2D eigenvalue weighted by Crippen LogP contribution is -2.15. The topological polar surface area (TPSA) is 30.5 Å². The largest absolute Gasteiger partial charge is 0.489 e. The molecule has 0 saturated heterocycles. The summed E-state index contributed by atoms with van der Waals surface area (Å²) >= 11 is 5.05. The van der Waals surface area contributed by atoms with Crippen LogP contribution in [-0.4, -0.2) is 12.0 Å². The van der Waals surface area contributed by atoms with Crippen LogP contribution in [0.3, 0.4) is 0 Å². The fraction of sp³-hybridized carbons (Fsp3) is 0.409. The maximum absolute atomic E-state index is 12.4. The van der Waals surface area contributed by atoms with E-state index >= 15 is 0 Å². The van der Waals surface area contributed by atoms with Gasteiger partial charge in [-0.15, -0.1) is 0 Å². The molecule has 0 bridgehead atoms. The molecule has 0 amide bonds. The van der Waals surface area contributed by atoms with E-state index in [9.17, 15) is 4.39 Å². The number of nitrogens with one attached hydrogen (secondary N) is 1. The van der Waals surface area contributed by atoms with Crippen LogP contribution < -0.4 is 10.1 Å². The second-order valence-electron chi connectivity index (χ2n) is 7.00. The minimum atomic E-state index is -0.942. The van der Waals surface area contributed by atoms with Gasteiger partial charge in [-0.05, 0) is 85.6 Å². The quantitative estimate of drug-likeness (QED) is 0.594. The second-order valence-corrected chi connectivity index (χ2v) is 7.37. The first-order valence-electron chi connectivity index (χ1n) is 9.38. The van der Waals surface area contributed by atoms with Crippen LogP contribution in [0.1, 0.15) is 53.5 Å². The number of ether oxygens (including phenoxy) is 2. The van der Waals surface area contributed by atoms with Crippen LogP contribution in [0.5, 0.6) is 5.75 Å². The van der Waals surface area contributed by atoms with Crippen molar-refractivity contribution < 1.29 is 13.9 Å². The molecule has 2 aromatic rings. The molecule has 3 rings (SSSR count). The van der Waals surface area contributed by atoms with Gasteiger partial charge in [0.05, 0.1) is 0 Å². The van der Waals surface area contributed by atoms with Crippen LogP contribution in [-0.2, 0) is 17.8 Å². The lowest BCUT2D eigenvalue weighted by atomic mass is 10.0. The van der Waals surface area contributed by atoms with Gasteiger partial charge in [-0.3, -0.25) is 0 Å². The van der Waals surface area contributed by atoms with Crippen LogP contribution in [0.2, 0.25) is 0 Å². The van der Waals surface area contributed by atoms with Crippen molar-refractivity contribution in [2.24, 2.45) is 0 Å². The predicted molar refractivity (Wildman–Crippen MR) is 111 cm³/mol. The van der Waals surface area contributed by atoms with Crippen LogP contribution in [0, 0.1) is 13.8 Å². The number of hydrogen-bond donors (Lipinski definition) is 1. The maximum atomic E-state index is 12.4. The van der Waals surface area contributed by atoms with Crippen molar-refractivity contribution in [3.8, 4) is 5.75 Å². The number of hydrogen-bond acceptors (Lipinski definition) is 3. The van der Waals surface area contributed by atoms with E-state index < -0.39 is 6.86 Å². The Bertz CT molecular complexity index is 833. The Hall–Kier alpha value is -2.14. The van der Waals surface area contributed by atoms with Gasteiger partial charge >= 0.3 is 0 Å². The summed E-state index contributed by atoms with van der Waals surface area (Å²) in [7, 11) is 0. The molecule has 27 heavy (non-hydrogen) atoms. The fourth-order valence-corrected chi connectivity index (χ4v) is 3.55. The molecular weight excluding hydrogens is 361 g/mol. The van der Waals surface area contributed by atoms with Gasteiger partial charge in [0.25, 0.3) is 5.17 Å². The van der Waals surface area contributed by atoms with Crippen LogP contribution in [0.4, 0.5) is 10.1 Å². The number of aryl methyl sites for hydroxylation is 3. The molecule has 2 aromatic carbocycles. The highest BCUT2D eigenvalue weighted by Crippen LogP contribution is 2.43. The molecule has 0 unspecified atom stereocenters. The van der Waals surface area contributed by atoms with Gasteiger partial charge in [0.1, 0.15) is 12.4 Å². The molecule has 0 spiro atoms. The fourth-order valence-electron chi connectivity index (χ4n) is 3.39.